The van der Waals surface area contributed by atoms with Crippen LogP contribution >= 0.6 is 0 Å². The highest BCUT2D eigenvalue weighted by atomic mass is 16.6. The molecule has 0 bridgehead atoms. The minimum atomic E-state index is -0.765. The van der Waals surface area contributed by atoms with Gasteiger partial charge in [-0.2, -0.15) is 0 Å². The molecule has 1 saturated carbocycles. The molecule has 1 aliphatic carbocycles. The smallest absolute Gasteiger partial charge is 0.408 e. The van der Waals surface area contributed by atoms with Crippen LogP contribution in [0.4, 0.5) is 4.79 Å². The van der Waals surface area contributed by atoms with Gasteiger partial charge in [0.1, 0.15) is 18.2 Å². The van der Waals surface area contributed by atoms with E-state index in [1.165, 1.54) is 0 Å². The maximum absolute atomic E-state index is 13.3. The van der Waals surface area contributed by atoms with Crippen LogP contribution < -0.4 is 10.6 Å². The van der Waals surface area contributed by atoms with E-state index in [0.29, 0.717) is 0 Å². The lowest BCUT2D eigenvalue weighted by atomic mass is 9.97. The fraction of sp³-hybridized carbons (Fsp3) is 0.625. The van der Waals surface area contributed by atoms with Crippen LogP contribution in [0.3, 0.4) is 0 Å². The number of ether oxygens (including phenoxy) is 1. The van der Waals surface area contributed by atoms with Crippen molar-refractivity contribution >= 4 is 17.9 Å². The average molecular weight is 432 g/mol. The van der Waals surface area contributed by atoms with Gasteiger partial charge in [0.25, 0.3) is 0 Å². The summed E-state index contributed by atoms with van der Waals surface area (Å²) in [5.41, 5.74) is 1.85. The number of aryl methyl sites for hydroxylation is 2. The highest BCUT2D eigenvalue weighted by Crippen LogP contribution is 2.35. The van der Waals surface area contributed by atoms with Gasteiger partial charge in [0.15, 0.2) is 0 Å². The first-order chi connectivity index (χ1) is 14.2. The molecule has 0 spiro atoms. The lowest BCUT2D eigenvalue weighted by molar-refractivity contribution is -0.141. The van der Waals surface area contributed by atoms with Crippen LogP contribution in [0.25, 0.3) is 0 Å². The van der Waals surface area contributed by atoms with Gasteiger partial charge in [0.2, 0.25) is 11.8 Å². The van der Waals surface area contributed by atoms with Gasteiger partial charge in [0, 0.05) is 11.6 Å². The monoisotopic (exact) mass is 431 g/mol. The molecule has 0 radical (unpaired) electrons. The highest BCUT2D eigenvalue weighted by molar-refractivity contribution is 5.91. The van der Waals surface area contributed by atoms with Gasteiger partial charge < -0.3 is 20.3 Å². The number of rotatable bonds is 6. The normalized spacial score (nSPS) is 15.1. The van der Waals surface area contributed by atoms with E-state index in [0.717, 1.165) is 29.5 Å². The molecule has 2 N–H and O–H groups in total. The molecular weight excluding hydrogens is 394 g/mol. The Labute approximate surface area is 185 Å². The molecule has 7 nitrogen and oxygen atoms in total. The first-order valence-electron chi connectivity index (χ1n) is 10.8. The summed E-state index contributed by atoms with van der Waals surface area (Å²) in [6.07, 6.45) is 1.02. The predicted octanol–water partition coefficient (Wildman–Crippen LogP) is 3.77. The van der Waals surface area contributed by atoms with Crippen molar-refractivity contribution in [2.75, 3.05) is 6.54 Å². The first kappa shape index (κ1) is 24.7. The van der Waals surface area contributed by atoms with Gasteiger partial charge in [-0.25, -0.2) is 4.79 Å². The number of nitrogens with zero attached hydrogens (tertiary/aromatic N) is 1. The molecule has 1 atom stereocenters. The van der Waals surface area contributed by atoms with Crippen LogP contribution in [-0.2, 0) is 14.3 Å². The molecule has 1 fully saturated rings. The quantitative estimate of drug-likeness (QED) is 0.718. The zero-order chi connectivity index (χ0) is 23.6. The molecule has 2 rings (SSSR count). The van der Waals surface area contributed by atoms with Crippen molar-refractivity contribution < 1.29 is 19.1 Å². The van der Waals surface area contributed by atoms with Crippen molar-refractivity contribution in [3.05, 3.63) is 34.9 Å². The third-order valence-corrected chi connectivity index (χ3v) is 4.88. The van der Waals surface area contributed by atoms with E-state index in [1.807, 2.05) is 52.8 Å². The molecule has 0 aromatic heterocycles. The lowest BCUT2D eigenvalue weighted by Gasteiger charge is -2.34. The summed E-state index contributed by atoms with van der Waals surface area (Å²) in [7, 11) is 0. The summed E-state index contributed by atoms with van der Waals surface area (Å²) in [5, 5.41) is 5.55. The minimum absolute atomic E-state index is 0.0229. The van der Waals surface area contributed by atoms with Crippen LogP contribution in [0, 0.1) is 13.8 Å². The van der Waals surface area contributed by atoms with Crippen LogP contribution in [0.5, 0.6) is 0 Å². The van der Waals surface area contributed by atoms with Crippen molar-refractivity contribution in [2.24, 2.45) is 0 Å². The maximum Gasteiger partial charge on any atom is 0.408 e. The molecule has 3 amide bonds. The Morgan fingerprint density at radius 2 is 1.68 bits per heavy atom. The van der Waals surface area contributed by atoms with E-state index in [2.05, 4.69) is 10.6 Å². The topological polar surface area (TPSA) is 87.7 Å². The number of alkyl carbamates (subject to hydrolysis) is 1. The Kier molecular flexibility index (Phi) is 7.40. The number of amides is 3. The highest BCUT2D eigenvalue weighted by Gasteiger charge is 2.42. The number of hydrogen-bond acceptors (Lipinski definition) is 4. The van der Waals surface area contributed by atoms with E-state index in [1.54, 1.807) is 25.7 Å². The molecule has 1 unspecified atom stereocenters. The van der Waals surface area contributed by atoms with Crippen molar-refractivity contribution in [3.8, 4) is 0 Å². The van der Waals surface area contributed by atoms with Crippen LogP contribution in [0.15, 0.2) is 18.2 Å². The van der Waals surface area contributed by atoms with Crippen LogP contribution in [-0.4, -0.2) is 46.5 Å². The molecular formula is C24H37N3O4. The summed E-state index contributed by atoms with van der Waals surface area (Å²) in [4.78, 5) is 40.2. The summed E-state index contributed by atoms with van der Waals surface area (Å²) in [5.74, 6) is -0.533. The largest absolute Gasteiger partial charge is 0.444 e. The molecule has 172 valence electrons. The van der Waals surface area contributed by atoms with Gasteiger partial charge in [-0.3, -0.25) is 9.59 Å². The molecule has 1 aliphatic rings. The fourth-order valence-electron chi connectivity index (χ4n) is 3.28. The molecule has 31 heavy (non-hydrogen) atoms. The van der Waals surface area contributed by atoms with Gasteiger partial charge >= 0.3 is 6.09 Å². The van der Waals surface area contributed by atoms with E-state index in [9.17, 15) is 14.4 Å². The molecule has 0 saturated heterocycles. The van der Waals surface area contributed by atoms with E-state index in [-0.39, 0.29) is 24.4 Å². The van der Waals surface area contributed by atoms with Gasteiger partial charge in [-0.05, 0) is 84.9 Å². The number of carbonyl (C=O) groups excluding carboxylic acids is 3. The van der Waals surface area contributed by atoms with E-state index >= 15 is 0 Å². The third-order valence-electron chi connectivity index (χ3n) is 4.88. The molecule has 1 aromatic rings. The Hall–Kier alpha value is -2.57. The average Bonchev–Trinajstić information content (AvgIpc) is 3.41. The minimum Gasteiger partial charge on any atom is -0.444 e. The SMILES string of the molecule is Cc1ccc(C(C(=O)NC(C)(C)C)N(C(=O)CNC(=O)OC(C)(C)C)C2CC2)cc1C. The second-order valence-corrected chi connectivity index (χ2v) is 10.4. The third kappa shape index (κ3) is 7.56. The van der Waals surface area contributed by atoms with E-state index in [4.69, 9.17) is 4.74 Å². The number of benzene rings is 1. The maximum atomic E-state index is 13.3. The van der Waals surface area contributed by atoms with E-state index < -0.39 is 23.3 Å². The molecule has 7 heteroatoms. The Morgan fingerprint density at radius 3 is 2.16 bits per heavy atom. The lowest BCUT2D eigenvalue weighted by Crippen LogP contribution is -2.52. The summed E-state index contributed by atoms with van der Waals surface area (Å²) >= 11 is 0. The Morgan fingerprint density at radius 1 is 1.06 bits per heavy atom. The number of hydrogen-bond donors (Lipinski definition) is 2. The van der Waals surface area contributed by atoms with Crippen LogP contribution in [0.1, 0.15) is 77.1 Å². The van der Waals surface area contributed by atoms with Crippen molar-refractivity contribution in [1.29, 1.82) is 0 Å². The zero-order valence-electron chi connectivity index (χ0n) is 20.1. The van der Waals surface area contributed by atoms with Gasteiger partial charge in [-0.15, -0.1) is 0 Å². The molecule has 0 heterocycles. The molecule has 0 aliphatic heterocycles. The zero-order valence-corrected chi connectivity index (χ0v) is 20.1. The standard InChI is InChI=1S/C24H37N3O4/c1-15-9-10-17(13-16(15)2)20(21(29)26-23(3,4)5)27(18-11-12-18)19(28)14-25-22(30)31-24(6,7)8/h9-10,13,18,20H,11-12,14H2,1-8H3,(H,25,30)(H,26,29). The second kappa shape index (κ2) is 9.28. The molecule has 1 aromatic carbocycles. The van der Waals surface area contributed by atoms with Crippen molar-refractivity contribution in [3.63, 3.8) is 0 Å². The Balaban J connectivity index is 2.31. The summed E-state index contributed by atoms with van der Waals surface area (Å²) in [6.45, 7) is 14.8. The second-order valence-electron chi connectivity index (χ2n) is 10.4. The van der Waals surface area contributed by atoms with Gasteiger partial charge in [0.05, 0.1) is 0 Å². The first-order valence-corrected chi connectivity index (χ1v) is 10.8. The predicted molar refractivity (Wildman–Crippen MR) is 121 cm³/mol. The van der Waals surface area contributed by atoms with Gasteiger partial charge in [-0.1, -0.05) is 18.2 Å². The fourth-order valence-corrected chi connectivity index (χ4v) is 3.28. The summed E-state index contributed by atoms with van der Waals surface area (Å²) in [6, 6.07) is 5.05. The van der Waals surface area contributed by atoms with Crippen molar-refractivity contribution in [1.82, 2.24) is 15.5 Å². The number of carbonyl (C=O) groups is 3. The van der Waals surface area contributed by atoms with Crippen molar-refractivity contribution in [2.45, 2.75) is 91.5 Å². The summed E-state index contributed by atoms with van der Waals surface area (Å²) < 4.78 is 5.23. The number of nitrogens with one attached hydrogen (secondary N) is 2. The Bertz CT molecular complexity index is 832. The van der Waals surface area contributed by atoms with Crippen LogP contribution in [0.2, 0.25) is 0 Å².